The number of hydrogen-bond donors (Lipinski definition) is 2. The first-order chi connectivity index (χ1) is 12.0. The predicted molar refractivity (Wildman–Crippen MR) is 98.1 cm³/mol. The van der Waals surface area contributed by atoms with E-state index in [1.165, 1.54) is 18.3 Å². The van der Waals surface area contributed by atoms with Gasteiger partial charge in [0.15, 0.2) is 0 Å². The normalized spacial score (nSPS) is 10.4. The van der Waals surface area contributed by atoms with E-state index >= 15 is 0 Å². The van der Waals surface area contributed by atoms with E-state index in [4.69, 9.17) is 11.6 Å². The fourth-order valence-corrected chi connectivity index (χ4v) is 2.37. The molecule has 1 amide bonds. The lowest BCUT2D eigenvalue weighted by molar-refractivity contribution is 0.102. The van der Waals surface area contributed by atoms with Crippen LogP contribution in [0, 0.1) is 12.7 Å². The highest BCUT2D eigenvalue weighted by molar-refractivity contribution is 6.31. The van der Waals surface area contributed by atoms with E-state index in [9.17, 15) is 9.18 Å². The number of hydrogen-bond acceptors (Lipinski definition) is 3. The first-order valence-corrected chi connectivity index (χ1v) is 7.95. The van der Waals surface area contributed by atoms with Gasteiger partial charge in [-0.25, -0.2) is 9.37 Å². The summed E-state index contributed by atoms with van der Waals surface area (Å²) >= 11 is 6.05. The van der Waals surface area contributed by atoms with Crippen LogP contribution in [-0.4, -0.2) is 10.9 Å². The lowest BCUT2D eigenvalue weighted by atomic mass is 10.2. The maximum Gasteiger partial charge on any atom is 0.257 e. The number of benzene rings is 2. The highest BCUT2D eigenvalue weighted by Crippen LogP contribution is 2.21. The molecule has 0 radical (unpaired) electrons. The third-order valence-electron chi connectivity index (χ3n) is 3.55. The zero-order chi connectivity index (χ0) is 17.8. The monoisotopic (exact) mass is 355 g/mol. The molecule has 0 aliphatic heterocycles. The Kier molecular flexibility index (Phi) is 4.95. The molecule has 0 fully saturated rings. The fraction of sp³-hybridized carbons (Fsp3) is 0.0526. The number of nitrogens with zero attached hydrogens (tertiary/aromatic N) is 1. The van der Waals surface area contributed by atoms with Crippen molar-refractivity contribution in [2.24, 2.45) is 0 Å². The number of carbonyl (C=O) groups excluding carboxylic acids is 1. The average Bonchev–Trinajstić information content (AvgIpc) is 2.59. The molecule has 0 saturated heterocycles. The summed E-state index contributed by atoms with van der Waals surface area (Å²) in [6.45, 7) is 1.89. The van der Waals surface area contributed by atoms with E-state index in [1.807, 2.05) is 13.0 Å². The summed E-state index contributed by atoms with van der Waals surface area (Å²) in [7, 11) is 0. The number of halogens is 2. The molecule has 0 bridgehead atoms. The Bertz CT molecular complexity index is 913. The van der Waals surface area contributed by atoms with Crippen LogP contribution in [0.3, 0.4) is 0 Å². The van der Waals surface area contributed by atoms with Gasteiger partial charge >= 0.3 is 0 Å². The molecule has 3 rings (SSSR count). The highest BCUT2D eigenvalue weighted by Gasteiger charge is 2.08. The lowest BCUT2D eigenvalue weighted by Crippen LogP contribution is -2.12. The minimum absolute atomic E-state index is 0.287. The first kappa shape index (κ1) is 16.9. The summed E-state index contributed by atoms with van der Waals surface area (Å²) in [5, 5.41) is 6.33. The zero-order valence-electron chi connectivity index (χ0n) is 13.4. The molecule has 0 unspecified atom stereocenters. The number of rotatable bonds is 4. The molecule has 0 spiro atoms. The van der Waals surface area contributed by atoms with E-state index in [2.05, 4.69) is 15.6 Å². The molecule has 0 atom stereocenters. The standard InChI is InChI=1S/C19H15ClFN3O/c1-12-5-7-16(10-17(12)20)24-19(25)13-6-8-18(22-11-13)23-15-4-2-3-14(21)9-15/h2-11H,1H3,(H,22,23)(H,24,25). The molecular formula is C19H15ClFN3O. The summed E-state index contributed by atoms with van der Waals surface area (Å²) < 4.78 is 13.2. The average molecular weight is 356 g/mol. The van der Waals surface area contributed by atoms with Gasteiger partial charge in [-0.1, -0.05) is 23.7 Å². The third-order valence-corrected chi connectivity index (χ3v) is 3.96. The van der Waals surface area contributed by atoms with Crippen LogP contribution in [-0.2, 0) is 0 Å². The summed E-state index contributed by atoms with van der Waals surface area (Å²) in [6, 6.07) is 14.7. The van der Waals surface area contributed by atoms with Gasteiger partial charge in [0, 0.05) is 22.6 Å². The number of anilines is 3. The van der Waals surface area contributed by atoms with Crippen LogP contribution in [0.4, 0.5) is 21.6 Å². The molecule has 1 heterocycles. The topological polar surface area (TPSA) is 54.0 Å². The molecule has 25 heavy (non-hydrogen) atoms. The molecule has 3 aromatic rings. The van der Waals surface area contributed by atoms with E-state index in [1.54, 1.807) is 36.4 Å². The maximum atomic E-state index is 13.2. The van der Waals surface area contributed by atoms with E-state index in [0.717, 1.165) is 5.56 Å². The molecule has 4 nitrogen and oxygen atoms in total. The molecule has 0 aliphatic carbocycles. The summed E-state index contributed by atoms with van der Waals surface area (Å²) in [4.78, 5) is 16.4. The van der Waals surface area contributed by atoms with Gasteiger partial charge in [0.25, 0.3) is 5.91 Å². The van der Waals surface area contributed by atoms with Gasteiger partial charge in [0.05, 0.1) is 5.56 Å². The van der Waals surface area contributed by atoms with Crippen molar-refractivity contribution in [3.63, 3.8) is 0 Å². The number of aromatic nitrogens is 1. The summed E-state index contributed by atoms with van der Waals surface area (Å²) in [5.41, 5.74) is 2.54. The quantitative estimate of drug-likeness (QED) is 0.678. The molecule has 2 aromatic carbocycles. The smallest absolute Gasteiger partial charge is 0.257 e. The van der Waals surface area contributed by atoms with Crippen LogP contribution in [0.5, 0.6) is 0 Å². The number of pyridine rings is 1. The third kappa shape index (κ3) is 4.33. The molecular weight excluding hydrogens is 341 g/mol. The van der Waals surface area contributed by atoms with Gasteiger partial charge in [-0.3, -0.25) is 4.79 Å². The molecule has 126 valence electrons. The van der Waals surface area contributed by atoms with Crippen molar-refractivity contribution in [2.45, 2.75) is 6.92 Å². The van der Waals surface area contributed by atoms with Gasteiger partial charge in [0.2, 0.25) is 0 Å². The van der Waals surface area contributed by atoms with Gasteiger partial charge < -0.3 is 10.6 Å². The Hall–Kier alpha value is -2.92. The summed E-state index contributed by atoms with van der Waals surface area (Å²) in [6.07, 6.45) is 1.45. The lowest BCUT2D eigenvalue weighted by Gasteiger charge is -2.08. The zero-order valence-corrected chi connectivity index (χ0v) is 14.1. The Morgan fingerprint density at radius 3 is 2.60 bits per heavy atom. The maximum absolute atomic E-state index is 13.2. The van der Waals surface area contributed by atoms with E-state index in [-0.39, 0.29) is 11.7 Å². The summed E-state index contributed by atoms with van der Waals surface area (Å²) in [5.74, 6) is -0.108. The van der Waals surface area contributed by atoms with Gasteiger partial charge in [-0.2, -0.15) is 0 Å². The number of carbonyl (C=O) groups is 1. The van der Waals surface area contributed by atoms with Crippen molar-refractivity contribution < 1.29 is 9.18 Å². The van der Waals surface area contributed by atoms with Crippen LogP contribution in [0.2, 0.25) is 5.02 Å². The van der Waals surface area contributed by atoms with Gasteiger partial charge in [-0.15, -0.1) is 0 Å². The van der Waals surface area contributed by atoms with Crippen molar-refractivity contribution >= 4 is 34.7 Å². The first-order valence-electron chi connectivity index (χ1n) is 7.57. The SMILES string of the molecule is Cc1ccc(NC(=O)c2ccc(Nc3cccc(F)c3)nc2)cc1Cl. The Morgan fingerprint density at radius 1 is 1.08 bits per heavy atom. The molecule has 6 heteroatoms. The van der Waals surface area contributed by atoms with Crippen LogP contribution in [0.25, 0.3) is 0 Å². The molecule has 2 N–H and O–H groups in total. The minimum atomic E-state index is -0.335. The Balaban J connectivity index is 1.68. The predicted octanol–water partition coefficient (Wildman–Crippen LogP) is 5.18. The van der Waals surface area contributed by atoms with E-state index < -0.39 is 0 Å². The fourth-order valence-electron chi connectivity index (χ4n) is 2.19. The highest BCUT2D eigenvalue weighted by atomic mass is 35.5. The molecule has 0 aliphatic rings. The Morgan fingerprint density at radius 2 is 1.92 bits per heavy atom. The van der Waals surface area contributed by atoms with Gasteiger partial charge in [0.1, 0.15) is 11.6 Å². The van der Waals surface area contributed by atoms with Crippen LogP contribution >= 0.6 is 11.6 Å². The Labute approximate surface area is 149 Å². The molecule has 0 saturated carbocycles. The second kappa shape index (κ2) is 7.32. The minimum Gasteiger partial charge on any atom is -0.340 e. The van der Waals surface area contributed by atoms with Crippen molar-refractivity contribution in [2.75, 3.05) is 10.6 Å². The number of amides is 1. The van der Waals surface area contributed by atoms with E-state index in [0.29, 0.717) is 27.8 Å². The van der Waals surface area contributed by atoms with Gasteiger partial charge in [-0.05, 0) is 55.0 Å². The van der Waals surface area contributed by atoms with Crippen LogP contribution < -0.4 is 10.6 Å². The van der Waals surface area contributed by atoms with Crippen molar-refractivity contribution in [3.8, 4) is 0 Å². The number of nitrogens with one attached hydrogen (secondary N) is 2. The van der Waals surface area contributed by atoms with Crippen molar-refractivity contribution in [1.29, 1.82) is 0 Å². The van der Waals surface area contributed by atoms with Crippen molar-refractivity contribution in [1.82, 2.24) is 4.98 Å². The second-order valence-corrected chi connectivity index (χ2v) is 5.89. The number of aryl methyl sites for hydroxylation is 1. The molecule has 1 aromatic heterocycles. The van der Waals surface area contributed by atoms with Crippen LogP contribution in [0.1, 0.15) is 15.9 Å². The van der Waals surface area contributed by atoms with Crippen LogP contribution in [0.15, 0.2) is 60.8 Å². The van der Waals surface area contributed by atoms with Crippen molar-refractivity contribution in [3.05, 3.63) is 82.8 Å². The largest absolute Gasteiger partial charge is 0.340 e. The second-order valence-electron chi connectivity index (χ2n) is 5.49.